The molecule has 0 heterocycles. The average molecular weight is 296 g/mol. The monoisotopic (exact) mass is 295 g/mol. The Bertz CT molecular complexity index is 377. The summed E-state index contributed by atoms with van der Waals surface area (Å²) in [7, 11) is 0. The van der Waals surface area contributed by atoms with Crippen molar-refractivity contribution < 1.29 is 23.4 Å². The molecule has 7 heteroatoms. The van der Waals surface area contributed by atoms with Gasteiger partial charge in [0.25, 0.3) is 0 Å². The van der Waals surface area contributed by atoms with Crippen LogP contribution in [0.3, 0.4) is 0 Å². The molecule has 1 aromatic carbocycles. The molecular weight excluding hydrogens is 288 g/mol. The van der Waals surface area contributed by atoms with E-state index in [1.807, 2.05) is 5.32 Å². The van der Waals surface area contributed by atoms with Crippen LogP contribution in [-0.2, 0) is 4.74 Å². The van der Waals surface area contributed by atoms with Gasteiger partial charge in [0.2, 0.25) is 0 Å². The Kier molecular flexibility index (Phi) is 4.63. The summed E-state index contributed by atoms with van der Waals surface area (Å²) in [5.74, 6) is -1.85. The second-order valence-electron chi connectivity index (χ2n) is 2.73. The number of rotatable bonds is 3. The Labute approximate surface area is 98.3 Å². The molecule has 0 saturated heterocycles. The second-order valence-corrected chi connectivity index (χ2v) is 3.64. The molecule has 1 amide bonds. The molecule has 0 spiro atoms. The number of carbonyl (C=O) groups is 1. The van der Waals surface area contributed by atoms with E-state index in [0.717, 1.165) is 12.1 Å². The molecule has 1 aromatic rings. The summed E-state index contributed by atoms with van der Waals surface area (Å²) in [6.45, 7) is -0.607. The highest BCUT2D eigenvalue weighted by molar-refractivity contribution is 9.10. The SMILES string of the molecule is O=C(Nc1c(F)cc(Br)cc1F)OCCO. The number of benzene rings is 1. The molecule has 0 radical (unpaired) electrons. The maximum atomic E-state index is 13.2. The molecule has 0 aliphatic heterocycles. The van der Waals surface area contributed by atoms with Crippen LogP contribution in [0.2, 0.25) is 0 Å². The van der Waals surface area contributed by atoms with E-state index in [4.69, 9.17) is 5.11 Å². The molecule has 0 aliphatic rings. The molecule has 16 heavy (non-hydrogen) atoms. The lowest BCUT2D eigenvalue weighted by molar-refractivity contribution is 0.131. The maximum Gasteiger partial charge on any atom is 0.411 e. The molecule has 2 N–H and O–H groups in total. The standard InChI is InChI=1S/C9H8BrF2NO3/c10-5-3-6(11)8(7(12)4-5)13-9(15)16-2-1-14/h3-4,14H,1-2H2,(H,13,15). The van der Waals surface area contributed by atoms with Gasteiger partial charge in [0.1, 0.15) is 12.3 Å². The average Bonchev–Trinajstić information content (AvgIpc) is 2.20. The molecule has 0 bridgehead atoms. The first-order valence-corrected chi connectivity index (χ1v) is 5.03. The van der Waals surface area contributed by atoms with E-state index >= 15 is 0 Å². The van der Waals surface area contributed by atoms with Crippen molar-refractivity contribution in [1.82, 2.24) is 0 Å². The van der Waals surface area contributed by atoms with Gasteiger partial charge in [-0.15, -0.1) is 0 Å². The third kappa shape index (κ3) is 3.42. The van der Waals surface area contributed by atoms with Gasteiger partial charge in [-0.25, -0.2) is 13.6 Å². The molecule has 88 valence electrons. The fraction of sp³-hybridized carbons (Fsp3) is 0.222. The van der Waals surface area contributed by atoms with Gasteiger partial charge in [-0.3, -0.25) is 5.32 Å². The summed E-state index contributed by atoms with van der Waals surface area (Å²) in [5, 5.41) is 10.3. The van der Waals surface area contributed by atoms with Gasteiger partial charge in [-0.1, -0.05) is 15.9 Å². The van der Waals surface area contributed by atoms with Crippen molar-refractivity contribution in [2.45, 2.75) is 0 Å². The fourth-order valence-corrected chi connectivity index (χ4v) is 1.34. The van der Waals surface area contributed by atoms with Crippen LogP contribution in [0.5, 0.6) is 0 Å². The number of carbonyl (C=O) groups excluding carboxylic acids is 1. The summed E-state index contributed by atoms with van der Waals surface area (Å²) in [5.41, 5.74) is -0.592. The van der Waals surface area contributed by atoms with Crippen LogP contribution >= 0.6 is 15.9 Å². The van der Waals surface area contributed by atoms with E-state index in [9.17, 15) is 13.6 Å². The first kappa shape index (κ1) is 12.9. The number of aliphatic hydroxyl groups is 1. The van der Waals surface area contributed by atoms with Crippen molar-refractivity contribution in [2.75, 3.05) is 18.5 Å². The van der Waals surface area contributed by atoms with Crippen molar-refractivity contribution in [2.24, 2.45) is 0 Å². The van der Waals surface area contributed by atoms with Crippen molar-refractivity contribution in [1.29, 1.82) is 0 Å². The zero-order chi connectivity index (χ0) is 12.1. The van der Waals surface area contributed by atoms with Gasteiger partial charge in [0.05, 0.1) is 6.61 Å². The minimum absolute atomic E-state index is 0.219. The van der Waals surface area contributed by atoms with Crippen molar-refractivity contribution in [3.63, 3.8) is 0 Å². The normalized spacial score (nSPS) is 10.0. The summed E-state index contributed by atoms with van der Waals surface area (Å²) in [6, 6.07) is 2.01. The van der Waals surface area contributed by atoms with Crippen LogP contribution in [0.15, 0.2) is 16.6 Å². The summed E-state index contributed by atoms with van der Waals surface area (Å²) < 4.78 is 31.0. The van der Waals surface area contributed by atoms with Gasteiger partial charge in [0, 0.05) is 4.47 Å². The first-order chi connectivity index (χ1) is 7.54. The molecule has 1 rings (SSSR count). The number of amides is 1. The topological polar surface area (TPSA) is 58.6 Å². The lowest BCUT2D eigenvalue weighted by atomic mass is 10.3. The van der Waals surface area contributed by atoms with Gasteiger partial charge in [0.15, 0.2) is 11.6 Å². The van der Waals surface area contributed by atoms with Crippen LogP contribution < -0.4 is 5.32 Å². The van der Waals surface area contributed by atoms with Crippen LogP contribution in [0, 0.1) is 11.6 Å². The zero-order valence-corrected chi connectivity index (χ0v) is 9.55. The van der Waals surface area contributed by atoms with Gasteiger partial charge in [-0.2, -0.15) is 0 Å². The molecule has 0 saturated carbocycles. The summed E-state index contributed by atoms with van der Waals surface area (Å²) in [4.78, 5) is 11.0. The Hall–Kier alpha value is -1.21. The number of nitrogens with one attached hydrogen (secondary N) is 1. The number of aliphatic hydroxyl groups excluding tert-OH is 1. The van der Waals surface area contributed by atoms with Crippen molar-refractivity contribution >= 4 is 27.7 Å². The molecule has 0 atom stereocenters. The number of anilines is 1. The Morgan fingerprint density at radius 3 is 2.50 bits per heavy atom. The number of halogens is 3. The van der Waals surface area contributed by atoms with Crippen molar-refractivity contribution in [3.8, 4) is 0 Å². The van der Waals surface area contributed by atoms with Crippen LogP contribution in [0.1, 0.15) is 0 Å². The predicted octanol–water partition coefficient (Wildman–Crippen LogP) is 2.27. The molecule has 0 aromatic heterocycles. The van der Waals surface area contributed by atoms with E-state index in [2.05, 4.69) is 20.7 Å². The van der Waals surface area contributed by atoms with Crippen LogP contribution in [0.25, 0.3) is 0 Å². The number of ether oxygens (including phenoxy) is 1. The minimum Gasteiger partial charge on any atom is -0.447 e. The highest BCUT2D eigenvalue weighted by atomic mass is 79.9. The quantitative estimate of drug-likeness (QED) is 0.899. The third-order valence-electron chi connectivity index (χ3n) is 1.56. The third-order valence-corrected chi connectivity index (χ3v) is 2.02. The Morgan fingerprint density at radius 2 is 2.00 bits per heavy atom. The molecule has 0 aliphatic carbocycles. The van der Waals surface area contributed by atoms with E-state index in [1.54, 1.807) is 0 Å². The van der Waals surface area contributed by atoms with Gasteiger partial charge in [-0.05, 0) is 12.1 Å². The number of hydrogen-bond acceptors (Lipinski definition) is 3. The van der Waals surface area contributed by atoms with Crippen LogP contribution in [-0.4, -0.2) is 24.4 Å². The number of hydrogen-bond donors (Lipinski definition) is 2. The Morgan fingerprint density at radius 1 is 1.44 bits per heavy atom. The second kappa shape index (κ2) is 5.76. The first-order valence-electron chi connectivity index (χ1n) is 4.23. The van der Waals surface area contributed by atoms with E-state index < -0.39 is 23.4 Å². The lowest BCUT2D eigenvalue weighted by Crippen LogP contribution is -2.17. The van der Waals surface area contributed by atoms with Crippen LogP contribution in [0.4, 0.5) is 19.3 Å². The summed E-state index contributed by atoms with van der Waals surface area (Å²) in [6.07, 6.45) is -1.03. The zero-order valence-electron chi connectivity index (χ0n) is 7.97. The molecule has 0 fully saturated rings. The lowest BCUT2D eigenvalue weighted by Gasteiger charge is -2.08. The highest BCUT2D eigenvalue weighted by Gasteiger charge is 2.13. The predicted molar refractivity (Wildman–Crippen MR) is 56.1 cm³/mol. The highest BCUT2D eigenvalue weighted by Crippen LogP contribution is 2.23. The minimum atomic E-state index is -1.03. The summed E-state index contributed by atoms with van der Waals surface area (Å²) >= 11 is 2.90. The molecule has 0 unspecified atom stereocenters. The largest absolute Gasteiger partial charge is 0.447 e. The smallest absolute Gasteiger partial charge is 0.411 e. The molecule has 4 nitrogen and oxygen atoms in total. The van der Waals surface area contributed by atoms with E-state index in [0.29, 0.717) is 0 Å². The fourth-order valence-electron chi connectivity index (χ4n) is 0.938. The Balaban J connectivity index is 2.77. The van der Waals surface area contributed by atoms with Gasteiger partial charge >= 0.3 is 6.09 Å². The van der Waals surface area contributed by atoms with E-state index in [-0.39, 0.29) is 17.7 Å². The maximum absolute atomic E-state index is 13.2. The molecular formula is C9H8BrF2NO3. The van der Waals surface area contributed by atoms with Crippen molar-refractivity contribution in [3.05, 3.63) is 28.2 Å². The van der Waals surface area contributed by atoms with E-state index in [1.165, 1.54) is 0 Å². The van der Waals surface area contributed by atoms with Gasteiger partial charge < -0.3 is 9.84 Å².